The fourth-order valence-electron chi connectivity index (χ4n) is 4.52. The lowest BCUT2D eigenvalue weighted by Gasteiger charge is -2.29. The van der Waals surface area contributed by atoms with E-state index in [1.807, 2.05) is 38.1 Å². The number of rotatable bonds is 6. The third-order valence-electron chi connectivity index (χ3n) is 6.19. The maximum atomic E-state index is 13.4. The third-order valence-corrected chi connectivity index (χ3v) is 6.19. The lowest BCUT2D eigenvalue weighted by molar-refractivity contribution is -0.130. The van der Waals surface area contributed by atoms with E-state index in [9.17, 15) is 9.59 Å². The van der Waals surface area contributed by atoms with Crippen LogP contribution >= 0.6 is 0 Å². The van der Waals surface area contributed by atoms with Gasteiger partial charge >= 0.3 is 0 Å². The maximum Gasteiger partial charge on any atom is 0.257 e. The summed E-state index contributed by atoms with van der Waals surface area (Å²) < 4.78 is 0. The van der Waals surface area contributed by atoms with Gasteiger partial charge in [0.15, 0.2) is 0 Å². The van der Waals surface area contributed by atoms with Crippen molar-refractivity contribution in [3.63, 3.8) is 0 Å². The van der Waals surface area contributed by atoms with Crippen molar-refractivity contribution >= 4 is 17.6 Å². The monoisotopic (exact) mass is 442 g/mol. The molecule has 1 atom stereocenters. The van der Waals surface area contributed by atoms with Crippen LogP contribution in [0.25, 0.3) is 11.1 Å². The molecule has 2 amide bonds. The molecule has 6 nitrogen and oxygen atoms in total. The zero-order valence-electron chi connectivity index (χ0n) is 19.1. The number of nitrogens with one attached hydrogen (secondary N) is 1. The summed E-state index contributed by atoms with van der Waals surface area (Å²) >= 11 is 0. The number of nitrogens with zero attached hydrogens (tertiary/aromatic N) is 2. The number of hydrogen-bond acceptors (Lipinski definition) is 4. The Balaban J connectivity index is 1.62. The molecule has 1 fully saturated rings. The van der Waals surface area contributed by atoms with Crippen molar-refractivity contribution in [3.8, 4) is 11.1 Å². The molecule has 2 aromatic carbocycles. The van der Waals surface area contributed by atoms with E-state index in [1.54, 1.807) is 23.2 Å². The van der Waals surface area contributed by atoms with E-state index in [4.69, 9.17) is 5.73 Å². The summed E-state index contributed by atoms with van der Waals surface area (Å²) in [6.45, 7) is 4.75. The number of carbonyl (C=O) groups excluding carboxylic acids is 2. The van der Waals surface area contributed by atoms with Crippen molar-refractivity contribution in [1.82, 2.24) is 15.2 Å². The Morgan fingerprint density at radius 3 is 2.55 bits per heavy atom. The number of pyridine rings is 1. The largest absolute Gasteiger partial charge is 0.383 e. The van der Waals surface area contributed by atoms with E-state index >= 15 is 0 Å². The molecule has 3 N–H and O–H groups in total. The van der Waals surface area contributed by atoms with E-state index < -0.39 is 5.41 Å². The van der Waals surface area contributed by atoms with Gasteiger partial charge in [0, 0.05) is 25.3 Å². The van der Waals surface area contributed by atoms with E-state index in [0.29, 0.717) is 31.5 Å². The normalized spacial score (nSPS) is 17.8. The van der Waals surface area contributed by atoms with E-state index in [2.05, 4.69) is 40.6 Å². The van der Waals surface area contributed by atoms with Crippen molar-refractivity contribution in [2.45, 2.75) is 32.7 Å². The Bertz CT molecular complexity index is 1150. The summed E-state index contributed by atoms with van der Waals surface area (Å²) in [5, 5.41) is 3.09. The van der Waals surface area contributed by atoms with Crippen LogP contribution in [-0.2, 0) is 11.2 Å². The molecule has 1 saturated heterocycles. The summed E-state index contributed by atoms with van der Waals surface area (Å²) in [4.78, 5) is 32.4. The molecule has 170 valence electrons. The SMILES string of the molecule is CC(C)NC(=O)[C@@]1(Cc2cccc(-c3ccccc3)c2)CCN(C(=O)c2cccnc2N)C1. The Labute approximate surface area is 194 Å². The number of hydrogen-bond donors (Lipinski definition) is 2. The molecule has 0 radical (unpaired) electrons. The summed E-state index contributed by atoms with van der Waals surface area (Å²) in [5.41, 5.74) is 8.94. The van der Waals surface area contributed by atoms with Gasteiger partial charge < -0.3 is 16.0 Å². The minimum absolute atomic E-state index is 0.0166. The minimum atomic E-state index is -0.702. The number of amides is 2. The molecule has 6 heteroatoms. The molecule has 1 aliphatic rings. The highest BCUT2D eigenvalue weighted by molar-refractivity contribution is 5.99. The third kappa shape index (κ3) is 4.90. The van der Waals surface area contributed by atoms with Gasteiger partial charge in [-0.2, -0.15) is 0 Å². The van der Waals surface area contributed by atoms with Gasteiger partial charge in [0.25, 0.3) is 5.91 Å². The van der Waals surface area contributed by atoms with Crippen molar-refractivity contribution in [3.05, 3.63) is 84.1 Å². The average molecular weight is 443 g/mol. The van der Waals surface area contributed by atoms with Gasteiger partial charge in [-0.15, -0.1) is 0 Å². The fourth-order valence-corrected chi connectivity index (χ4v) is 4.52. The van der Waals surface area contributed by atoms with Crippen LogP contribution in [-0.4, -0.2) is 40.8 Å². The zero-order chi connectivity index (χ0) is 23.4. The molecule has 33 heavy (non-hydrogen) atoms. The second-order valence-electron chi connectivity index (χ2n) is 9.06. The predicted octanol–water partition coefficient (Wildman–Crippen LogP) is 3.93. The van der Waals surface area contributed by atoms with Gasteiger partial charge in [-0.25, -0.2) is 4.98 Å². The summed E-state index contributed by atoms with van der Waals surface area (Å²) in [6.07, 6.45) is 2.71. The predicted molar refractivity (Wildman–Crippen MR) is 130 cm³/mol. The van der Waals surface area contributed by atoms with Crippen molar-refractivity contribution < 1.29 is 9.59 Å². The summed E-state index contributed by atoms with van der Waals surface area (Å²) in [6, 6.07) is 21.9. The molecule has 1 aliphatic heterocycles. The minimum Gasteiger partial charge on any atom is -0.383 e. The standard InChI is InChI=1S/C27H30N4O2/c1-19(2)30-26(33)27(13-15-31(18-27)25(32)23-12-7-14-29-24(23)28)17-20-8-6-11-22(16-20)21-9-4-3-5-10-21/h3-12,14,16,19H,13,15,17-18H2,1-2H3,(H2,28,29)(H,30,33)/t27-/m1/s1. The van der Waals surface area contributed by atoms with Gasteiger partial charge in [-0.1, -0.05) is 54.6 Å². The lowest BCUT2D eigenvalue weighted by atomic mass is 9.79. The highest BCUT2D eigenvalue weighted by Gasteiger charge is 2.46. The molecule has 3 aromatic rings. The van der Waals surface area contributed by atoms with Crippen LogP contribution in [0.5, 0.6) is 0 Å². The molecular formula is C27H30N4O2. The van der Waals surface area contributed by atoms with E-state index in [1.165, 1.54) is 0 Å². The number of anilines is 1. The highest BCUT2D eigenvalue weighted by atomic mass is 16.2. The Morgan fingerprint density at radius 2 is 1.82 bits per heavy atom. The summed E-state index contributed by atoms with van der Waals surface area (Å²) in [5.74, 6) is 0.0112. The first-order valence-corrected chi connectivity index (χ1v) is 11.3. The van der Waals surface area contributed by atoms with Crippen LogP contribution in [0.3, 0.4) is 0 Å². The lowest BCUT2D eigenvalue weighted by Crippen LogP contribution is -2.47. The number of benzene rings is 2. The second kappa shape index (κ2) is 9.45. The molecule has 0 saturated carbocycles. The molecule has 2 heterocycles. The zero-order valence-corrected chi connectivity index (χ0v) is 19.1. The molecule has 0 aliphatic carbocycles. The van der Waals surface area contributed by atoms with Crippen LogP contribution in [0.1, 0.15) is 36.2 Å². The van der Waals surface area contributed by atoms with Crippen LogP contribution < -0.4 is 11.1 Å². The molecule has 4 rings (SSSR count). The first-order chi connectivity index (χ1) is 15.9. The van der Waals surface area contributed by atoms with E-state index in [0.717, 1.165) is 16.7 Å². The first kappa shape index (κ1) is 22.5. The smallest absolute Gasteiger partial charge is 0.257 e. The van der Waals surface area contributed by atoms with Crippen molar-refractivity contribution in [1.29, 1.82) is 0 Å². The maximum absolute atomic E-state index is 13.4. The van der Waals surface area contributed by atoms with Gasteiger partial charge in [0.1, 0.15) is 5.82 Å². The van der Waals surface area contributed by atoms with Crippen molar-refractivity contribution in [2.24, 2.45) is 5.41 Å². The summed E-state index contributed by atoms with van der Waals surface area (Å²) in [7, 11) is 0. The van der Waals surface area contributed by atoms with Gasteiger partial charge in [-0.05, 0) is 55.5 Å². The van der Waals surface area contributed by atoms with Crippen LogP contribution in [0, 0.1) is 5.41 Å². The van der Waals surface area contributed by atoms with Crippen LogP contribution in [0.4, 0.5) is 5.82 Å². The van der Waals surface area contributed by atoms with Gasteiger partial charge in [-0.3, -0.25) is 9.59 Å². The van der Waals surface area contributed by atoms with Gasteiger partial charge in [0.2, 0.25) is 5.91 Å². The number of carbonyl (C=O) groups is 2. The molecule has 0 bridgehead atoms. The molecule has 0 spiro atoms. The number of aromatic nitrogens is 1. The molecular weight excluding hydrogens is 412 g/mol. The first-order valence-electron chi connectivity index (χ1n) is 11.3. The van der Waals surface area contributed by atoms with E-state index in [-0.39, 0.29) is 23.7 Å². The quantitative estimate of drug-likeness (QED) is 0.605. The highest BCUT2D eigenvalue weighted by Crippen LogP contribution is 2.36. The Hall–Kier alpha value is -3.67. The molecule has 0 unspecified atom stereocenters. The van der Waals surface area contributed by atoms with Crippen LogP contribution in [0.15, 0.2) is 72.9 Å². The van der Waals surface area contributed by atoms with Crippen molar-refractivity contribution in [2.75, 3.05) is 18.8 Å². The number of likely N-dealkylation sites (tertiary alicyclic amines) is 1. The van der Waals surface area contributed by atoms with Crippen LogP contribution in [0.2, 0.25) is 0 Å². The Kier molecular flexibility index (Phi) is 6.45. The Morgan fingerprint density at radius 1 is 1.06 bits per heavy atom. The second-order valence-corrected chi connectivity index (χ2v) is 9.06. The number of nitrogens with two attached hydrogens (primary N) is 1. The molecule has 1 aromatic heterocycles. The average Bonchev–Trinajstić information content (AvgIpc) is 3.25. The van der Waals surface area contributed by atoms with Gasteiger partial charge in [0.05, 0.1) is 11.0 Å². The topological polar surface area (TPSA) is 88.3 Å². The number of nitrogen functional groups attached to an aromatic ring is 1. The fraction of sp³-hybridized carbons (Fsp3) is 0.296.